The maximum atomic E-state index is 6.19. The molecule has 4 heteroatoms. The molecule has 0 aromatic carbocycles. The van der Waals surface area contributed by atoms with Gasteiger partial charge in [0.1, 0.15) is 0 Å². The molecule has 1 aromatic heterocycles. The minimum absolute atomic E-state index is 0.0829. The van der Waals surface area contributed by atoms with Crippen molar-refractivity contribution in [2.24, 2.45) is 11.7 Å². The first-order chi connectivity index (χ1) is 9.24. The fourth-order valence-electron chi connectivity index (χ4n) is 3.24. The van der Waals surface area contributed by atoms with Crippen LogP contribution in [0, 0.1) is 5.92 Å². The monoisotopic (exact) mass is 280 g/mol. The Kier molecular flexibility index (Phi) is 3.94. The van der Waals surface area contributed by atoms with Crippen LogP contribution in [-0.4, -0.2) is 36.2 Å². The number of rotatable bonds is 6. The van der Waals surface area contributed by atoms with Crippen molar-refractivity contribution in [1.29, 1.82) is 0 Å². The van der Waals surface area contributed by atoms with Crippen LogP contribution in [0.5, 0.6) is 0 Å². The third kappa shape index (κ3) is 2.72. The molecule has 0 bridgehead atoms. The largest absolute Gasteiger partial charge is 0.381 e. The summed E-state index contributed by atoms with van der Waals surface area (Å²) in [4.78, 5) is 2.66. The average Bonchev–Trinajstić information content (AvgIpc) is 2.94. The predicted octanol–water partition coefficient (Wildman–Crippen LogP) is 2.47. The summed E-state index contributed by atoms with van der Waals surface area (Å²) in [5, 5.41) is 4.43. The summed E-state index contributed by atoms with van der Waals surface area (Å²) in [5.41, 5.74) is 7.70. The van der Waals surface area contributed by atoms with E-state index in [0.717, 1.165) is 38.8 Å². The van der Waals surface area contributed by atoms with Gasteiger partial charge < -0.3 is 10.5 Å². The summed E-state index contributed by atoms with van der Waals surface area (Å²) in [6, 6.07) is 2.97. The molecule has 3 nitrogen and oxygen atoms in total. The molecular weight excluding hydrogens is 256 g/mol. The van der Waals surface area contributed by atoms with Gasteiger partial charge in [-0.15, -0.1) is 0 Å². The van der Waals surface area contributed by atoms with Crippen LogP contribution < -0.4 is 5.73 Å². The molecule has 1 aliphatic heterocycles. The maximum Gasteiger partial charge on any atom is 0.0513 e. The lowest BCUT2D eigenvalue weighted by Crippen LogP contribution is -2.57. The van der Waals surface area contributed by atoms with Crippen molar-refractivity contribution in [2.75, 3.05) is 19.8 Å². The van der Waals surface area contributed by atoms with Crippen LogP contribution >= 0.6 is 11.3 Å². The second-order valence-corrected chi connectivity index (χ2v) is 6.89. The van der Waals surface area contributed by atoms with Crippen molar-refractivity contribution in [3.63, 3.8) is 0 Å². The molecule has 2 aliphatic rings. The fraction of sp³-hybridized carbons (Fsp3) is 0.733. The predicted molar refractivity (Wildman–Crippen MR) is 79.3 cm³/mol. The van der Waals surface area contributed by atoms with Gasteiger partial charge in [0.15, 0.2) is 0 Å². The molecule has 0 amide bonds. The van der Waals surface area contributed by atoms with Crippen molar-refractivity contribution in [2.45, 2.75) is 44.3 Å². The Morgan fingerprint density at radius 3 is 2.84 bits per heavy atom. The Labute approximate surface area is 119 Å². The van der Waals surface area contributed by atoms with Crippen LogP contribution in [-0.2, 0) is 11.3 Å². The van der Waals surface area contributed by atoms with E-state index < -0.39 is 0 Å². The van der Waals surface area contributed by atoms with E-state index in [1.165, 1.54) is 18.4 Å². The third-order valence-electron chi connectivity index (χ3n) is 4.80. The molecule has 1 saturated heterocycles. The Morgan fingerprint density at radius 2 is 2.32 bits per heavy atom. The topological polar surface area (TPSA) is 38.5 Å². The highest BCUT2D eigenvalue weighted by molar-refractivity contribution is 7.07. The van der Waals surface area contributed by atoms with Gasteiger partial charge in [-0.25, -0.2) is 0 Å². The highest BCUT2D eigenvalue weighted by atomic mass is 32.1. The Balaban J connectivity index is 1.80. The van der Waals surface area contributed by atoms with Crippen LogP contribution in [0.15, 0.2) is 16.8 Å². The van der Waals surface area contributed by atoms with Crippen molar-refractivity contribution in [1.82, 2.24) is 4.90 Å². The molecule has 2 unspecified atom stereocenters. The highest BCUT2D eigenvalue weighted by Gasteiger charge is 2.46. The summed E-state index contributed by atoms with van der Waals surface area (Å²) in [7, 11) is 0. The molecule has 19 heavy (non-hydrogen) atoms. The van der Waals surface area contributed by atoms with E-state index in [1.807, 2.05) is 0 Å². The van der Waals surface area contributed by atoms with Gasteiger partial charge in [-0.05, 0) is 48.6 Å². The third-order valence-corrected chi connectivity index (χ3v) is 5.53. The molecule has 1 aromatic rings. The molecule has 0 radical (unpaired) electrons. The summed E-state index contributed by atoms with van der Waals surface area (Å²) >= 11 is 1.78. The zero-order valence-electron chi connectivity index (χ0n) is 11.7. The van der Waals surface area contributed by atoms with E-state index in [4.69, 9.17) is 10.5 Å². The van der Waals surface area contributed by atoms with Crippen molar-refractivity contribution in [3.05, 3.63) is 22.4 Å². The summed E-state index contributed by atoms with van der Waals surface area (Å²) in [5.74, 6) is 0.580. The van der Waals surface area contributed by atoms with Gasteiger partial charge in [0.2, 0.25) is 0 Å². The number of nitrogens with two attached hydrogens (primary N) is 1. The molecule has 1 saturated carbocycles. The number of thiophene rings is 1. The zero-order valence-corrected chi connectivity index (χ0v) is 12.5. The van der Waals surface area contributed by atoms with E-state index in [1.54, 1.807) is 11.3 Å². The van der Waals surface area contributed by atoms with Crippen LogP contribution in [0.3, 0.4) is 0 Å². The summed E-state index contributed by atoms with van der Waals surface area (Å²) < 4.78 is 5.61. The van der Waals surface area contributed by atoms with Crippen LogP contribution in [0.4, 0.5) is 0 Å². The van der Waals surface area contributed by atoms with E-state index in [9.17, 15) is 0 Å². The first-order valence-corrected chi connectivity index (χ1v) is 8.24. The van der Waals surface area contributed by atoms with Gasteiger partial charge in [0.05, 0.1) is 6.61 Å². The fourth-order valence-corrected chi connectivity index (χ4v) is 3.90. The molecule has 0 spiro atoms. The lowest BCUT2D eigenvalue weighted by molar-refractivity contribution is 0.0314. The first-order valence-electron chi connectivity index (χ1n) is 7.29. The van der Waals surface area contributed by atoms with E-state index in [2.05, 4.69) is 28.7 Å². The number of hydrogen-bond acceptors (Lipinski definition) is 4. The molecule has 2 atom stereocenters. The number of ether oxygens (including phenoxy) is 1. The van der Waals surface area contributed by atoms with Gasteiger partial charge in [0, 0.05) is 37.2 Å². The molecular formula is C15H24N2OS. The minimum atomic E-state index is 0.0829. The Hall–Kier alpha value is -0.420. The highest BCUT2D eigenvalue weighted by Crippen LogP contribution is 2.40. The summed E-state index contributed by atoms with van der Waals surface area (Å²) in [6.45, 7) is 5.88. The maximum absolute atomic E-state index is 6.19. The molecule has 3 rings (SSSR count). The van der Waals surface area contributed by atoms with Crippen LogP contribution in [0.2, 0.25) is 0 Å². The van der Waals surface area contributed by atoms with Gasteiger partial charge in [-0.1, -0.05) is 0 Å². The lowest BCUT2D eigenvalue weighted by Gasteiger charge is -2.45. The SMILES string of the molecule is CC(CN)(C1CCOC1)N(Cc1ccsc1)C1CC1. The second kappa shape index (κ2) is 5.52. The van der Waals surface area contributed by atoms with E-state index >= 15 is 0 Å². The number of hydrogen-bond donors (Lipinski definition) is 1. The van der Waals surface area contributed by atoms with Gasteiger partial charge in [-0.3, -0.25) is 4.90 Å². The van der Waals surface area contributed by atoms with Crippen molar-refractivity contribution >= 4 is 11.3 Å². The Bertz CT molecular complexity index is 398. The van der Waals surface area contributed by atoms with Crippen LogP contribution in [0.25, 0.3) is 0 Å². The first kappa shape index (κ1) is 13.6. The smallest absolute Gasteiger partial charge is 0.0513 e. The molecule has 2 N–H and O–H groups in total. The Morgan fingerprint density at radius 1 is 1.47 bits per heavy atom. The van der Waals surface area contributed by atoms with E-state index in [0.29, 0.717) is 5.92 Å². The quantitative estimate of drug-likeness (QED) is 0.870. The standard InChI is InChI=1S/C15H24N2OS/c1-15(11-16,13-4-6-18-9-13)17(14-2-3-14)8-12-5-7-19-10-12/h5,7,10,13-14H,2-4,6,8-9,11,16H2,1H3. The molecule has 2 heterocycles. The van der Waals surface area contributed by atoms with Gasteiger partial charge in [0.25, 0.3) is 0 Å². The minimum Gasteiger partial charge on any atom is -0.381 e. The van der Waals surface area contributed by atoms with Crippen molar-refractivity contribution < 1.29 is 4.74 Å². The second-order valence-electron chi connectivity index (χ2n) is 6.11. The lowest BCUT2D eigenvalue weighted by atomic mass is 9.82. The van der Waals surface area contributed by atoms with Gasteiger partial charge in [-0.2, -0.15) is 11.3 Å². The van der Waals surface area contributed by atoms with E-state index in [-0.39, 0.29) is 5.54 Å². The van der Waals surface area contributed by atoms with Gasteiger partial charge >= 0.3 is 0 Å². The normalized spacial score (nSPS) is 26.8. The molecule has 2 fully saturated rings. The molecule has 1 aliphatic carbocycles. The summed E-state index contributed by atoms with van der Waals surface area (Å²) in [6.07, 6.45) is 3.81. The van der Waals surface area contributed by atoms with Crippen LogP contribution in [0.1, 0.15) is 31.7 Å². The average molecular weight is 280 g/mol. The zero-order chi connectivity index (χ0) is 13.3. The molecule has 106 valence electrons. The van der Waals surface area contributed by atoms with Crippen molar-refractivity contribution in [3.8, 4) is 0 Å². The number of nitrogens with zero attached hydrogens (tertiary/aromatic N) is 1.